The van der Waals surface area contributed by atoms with Crippen LogP contribution in [0.3, 0.4) is 0 Å². The van der Waals surface area contributed by atoms with E-state index in [2.05, 4.69) is 0 Å². The number of halogens is 2. The van der Waals surface area contributed by atoms with E-state index in [4.69, 9.17) is 5.73 Å². The standard InChI is InChI=1S/C12H14F2N2O3S/c13-10-4-3-9(6-11(10)14)20(18,19)16-5-1-2-8(7-16)12(15)17/h3-4,6,8H,1-2,5,7H2,(H2,15,17)/t8-/m1/s1. The molecule has 0 spiro atoms. The normalized spacial score (nSPS) is 20.8. The van der Waals surface area contributed by atoms with Crippen LogP contribution in [0.1, 0.15) is 12.8 Å². The number of piperidine rings is 1. The molecule has 1 aromatic carbocycles. The Morgan fingerprint density at radius 3 is 2.60 bits per heavy atom. The summed E-state index contributed by atoms with van der Waals surface area (Å²) in [4.78, 5) is 10.8. The number of benzene rings is 1. The minimum atomic E-state index is -3.95. The molecule has 20 heavy (non-hydrogen) atoms. The molecule has 0 unspecified atom stereocenters. The minimum Gasteiger partial charge on any atom is -0.369 e. The fourth-order valence-corrected chi connectivity index (χ4v) is 3.72. The zero-order valence-electron chi connectivity index (χ0n) is 10.6. The van der Waals surface area contributed by atoms with Crippen LogP contribution in [0, 0.1) is 17.6 Å². The molecule has 0 aromatic heterocycles. The largest absolute Gasteiger partial charge is 0.369 e. The van der Waals surface area contributed by atoms with Gasteiger partial charge in [0, 0.05) is 13.1 Å². The van der Waals surface area contributed by atoms with Gasteiger partial charge in [-0.15, -0.1) is 0 Å². The first-order valence-electron chi connectivity index (χ1n) is 6.07. The van der Waals surface area contributed by atoms with E-state index >= 15 is 0 Å². The van der Waals surface area contributed by atoms with E-state index in [1.54, 1.807) is 0 Å². The van der Waals surface area contributed by atoms with E-state index in [9.17, 15) is 22.0 Å². The molecule has 1 heterocycles. The van der Waals surface area contributed by atoms with Gasteiger partial charge in [0.25, 0.3) is 0 Å². The molecule has 1 saturated heterocycles. The van der Waals surface area contributed by atoms with Crippen LogP contribution in [0.2, 0.25) is 0 Å². The molecule has 0 radical (unpaired) electrons. The highest BCUT2D eigenvalue weighted by atomic mass is 32.2. The SMILES string of the molecule is NC(=O)[C@@H]1CCCN(S(=O)(=O)c2ccc(F)c(F)c2)C1. The molecule has 5 nitrogen and oxygen atoms in total. The molecular formula is C12H14F2N2O3S. The highest BCUT2D eigenvalue weighted by molar-refractivity contribution is 7.89. The lowest BCUT2D eigenvalue weighted by Gasteiger charge is -2.30. The van der Waals surface area contributed by atoms with Crippen LogP contribution in [-0.2, 0) is 14.8 Å². The number of carbonyl (C=O) groups excluding carboxylic acids is 1. The van der Waals surface area contributed by atoms with Crippen LogP contribution < -0.4 is 5.73 Å². The Morgan fingerprint density at radius 2 is 2.00 bits per heavy atom. The van der Waals surface area contributed by atoms with Gasteiger partial charge in [-0.2, -0.15) is 4.31 Å². The number of sulfonamides is 1. The van der Waals surface area contributed by atoms with Crippen molar-refractivity contribution >= 4 is 15.9 Å². The van der Waals surface area contributed by atoms with Crippen molar-refractivity contribution in [2.24, 2.45) is 11.7 Å². The lowest BCUT2D eigenvalue weighted by molar-refractivity contribution is -0.122. The monoisotopic (exact) mass is 304 g/mol. The van der Waals surface area contributed by atoms with Crippen molar-refractivity contribution < 1.29 is 22.0 Å². The van der Waals surface area contributed by atoms with Gasteiger partial charge in [-0.25, -0.2) is 17.2 Å². The molecule has 1 amide bonds. The molecule has 8 heteroatoms. The summed E-state index contributed by atoms with van der Waals surface area (Å²) in [5, 5.41) is 0. The van der Waals surface area contributed by atoms with E-state index in [0.29, 0.717) is 18.9 Å². The maximum absolute atomic E-state index is 13.1. The number of rotatable bonds is 3. The van der Waals surface area contributed by atoms with Gasteiger partial charge in [0.2, 0.25) is 15.9 Å². The summed E-state index contributed by atoms with van der Waals surface area (Å²) in [5.74, 6) is -3.45. The summed E-state index contributed by atoms with van der Waals surface area (Å²) in [6.45, 7) is 0.196. The molecule has 1 atom stereocenters. The second kappa shape index (κ2) is 5.45. The minimum absolute atomic E-state index is 0.0311. The van der Waals surface area contributed by atoms with Crippen LogP contribution in [-0.4, -0.2) is 31.7 Å². The number of hydrogen-bond acceptors (Lipinski definition) is 3. The van der Waals surface area contributed by atoms with Crippen LogP contribution in [0.15, 0.2) is 23.1 Å². The van der Waals surface area contributed by atoms with Gasteiger partial charge in [0.05, 0.1) is 10.8 Å². The van der Waals surface area contributed by atoms with E-state index in [1.807, 2.05) is 0 Å². The summed E-state index contributed by atoms with van der Waals surface area (Å²) < 4.78 is 51.7. The molecule has 0 bridgehead atoms. The average molecular weight is 304 g/mol. The van der Waals surface area contributed by atoms with Crippen molar-refractivity contribution in [2.75, 3.05) is 13.1 Å². The van der Waals surface area contributed by atoms with Gasteiger partial charge >= 0.3 is 0 Å². The maximum atomic E-state index is 13.1. The Morgan fingerprint density at radius 1 is 1.30 bits per heavy atom. The quantitative estimate of drug-likeness (QED) is 0.899. The van der Waals surface area contributed by atoms with Gasteiger partial charge in [-0.3, -0.25) is 4.79 Å². The zero-order valence-corrected chi connectivity index (χ0v) is 11.4. The fourth-order valence-electron chi connectivity index (χ4n) is 2.18. The van der Waals surface area contributed by atoms with Crippen LogP contribution in [0.25, 0.3) is 0 Å². The van der Waals surface area contributed by atoms with Crippen LogP contribution in [0.4, 0.5) is 8.78 Å². The molecule has 2 rings (SSSR count). The van der Waals surface area contributed by atoms with Crippen molar-refractivity contribution in [1.82, 2.24) is 4.31 Å². The third-order valence-corrected chi connectivity index (χ3v) is 5.18. The van der Waals surface area contributed by atoms with E-state index < -0.39 is 33.5 Å². The zero-order chi connectivity index (χ0) is 14.9. The summed E-state index contributed by atoms with van der Waals surface area (Å²) in [6.07, 6.45) is 1.02. The number of amides is 1. The van der Waals surface area contributed by atoms with E-state index in [1.165, 1.54) is 0 Å². The van der Waals surface area contributed by atoms with Gasteiger partial charge in [0.1, 0.15) is 0 Å². The number of hydrogen-bond donors (Lipinski definition) is 1. The van der Waals surface area contributed by atoms with Gasteiger partial charge in [-0.1, -0.05) is 0 Å². The molecule has 1 fully saturated rings. The van der Waals surface area contributed by atoms with E-state index in [-0.39, 0.29) is 18.0 Å². The van der Waals surface area contributed by atoms with Gasteiger partial charge in [-0.05, 0) is 31.0 Å². The molecular weight excluding hydrogens is 290 g/mol. The molecule has 0 aliphatic carbocycles. The smallest absolute Gasteiger partial charge is 0.243 e. The summed E-state index contributed by atoms with van der Waals surface area (Å²) in [7, 11) is -3.95. The summed E-state index contributed by atoms with van der Waals surface area (Å²) in [5.41, 5.74) is 5.19. The Balaban J connectivity index is 2.29. The van der Waals surface area contributed by atoms with Crippen LogP contribution in [0.5, 0.6) is 0 Å². The lowest BCUT2D eigenvalue weighted by atomic mass is 9.99. The van der Waals surface area contributed by atoms with Crippen LogP contribution >= 0.6 is 0 Å². The van der Waals surface area contributed by atoms with Crippen molar-refractivity contribution in [3.8, 4) is 0 Å². The Bertz CT molecular complexity index is 634. The second-order valence-electron chi connectivity index (χ2n) is 4.68. The van der Waals surface area contributed by atoms with Crippen molar-refractivity contribution in [1.29, 1.82) is 0 Å². The number of nitrogens with two attached hydrogens (primary N) is 1. The molecule has 110 valence electrons. The Kier molecular flexibility index (Phi) is 4.05. The average Bonchev–Trinajstić information content (AvgIpc) is 2.42. The van der Waals surface area contributed by atoms with E-state index in [0.717, 1.165) is 16.4 Å². The predicted octanol–water partition coefficient (Wildman–Crippen LogP) is 0.851. The first-order chi connectivity index (χ1) is 9.32. The molecule has 1 aromatic rings. The third kappa shape index (κ3) is 2.80. The Hall–Kier alpha value is -1.54. The molecule has 0 saturated carbocycles. The molecule has 2 N–H and O–H groups in total. The first kappa shape index (κ1) is 14.9. The lowest BCUT2D eigenvalue weighted by Crippen LogP contribution is -2.44. The Labute approximate surface area is 115 Å². The molecule has 1 aliphatic heterocycles. The molecule has 1 aliphatic rings. The summed E-state index contributed by atoms with van der Waals surface area (Å²) in [6, 6.07) is 2.40. The van der Waals surface area contributed by atoms with Crippen molar-refractivity contribution in [3.05, 3.63) is 29.8 Å². The highest BCUT2D eigenvalue weighted by Crippen LogP contribution is 2.24. The highest BCUT2D eigenvalue weighted by Gasteiger charge is 2.32. The summed E-state index contributed by atoms with van der Waals surface area (Å²) >= 11 is 0. The predicted molar refractivity (Wildman–Crippen MR) is 67.0 cm³/mol. The van der Waals surface area contributed by atoms with Gasteiger partial charge < -0.3 is 5.73 Å². The van der Waals surface area contributed by atoms with Crippen molar-refractivity contribution in [3.63, 3.8) is 0 Å². The topological polar surface area (TPSA) is 80.5 Å². The second-order valence-corrected chi connectivity index (χ2v) is 6.62. The van der Waals surface area contributed by atoms with Gasteiger partial charge in [0.15, 0.2) is 11.6 Å². The third-order valence-electron chi connectivity index (χ3n) is 3.32. The number of carbonyl (C=O) groups is 1. The number of nitrogens with zero attached hydrogens (tertiary/aromatic N) is 1. The van der Waals surface area contributed by atoms with Crippen molar-refractivity contribution in [2.45, 2.75) is 17.7 Å². The maximum Gasteiger partial charge on any atom is 0.243 e. The first-order valence-corrected chi connectivity index (χ1v) is 7.51. The number of primary amides is 1. The fraction of sp³-hybridized carbons (Fsp3) is 0.417.